The zero-order valence-corrected chi connectivity index (χ0v) is 29.0. The molecule has 0 aliphatic heterocycles. The maximum atomic E-state index is 11.1. The predicted octanol–water partition coefficient (Wildman–Crippen LogP) is 13.1. The van der Waals surface area contributed by atoms with Crippen LogP contribution in [0.2, 0.25) is 0 Å². The molecule has 3 unspecified atom stereocenters. The Morgan fingerprint density at radius 3 is 0.927 bits per heavy atom. The lowest BCUT2D eigenvalue weighted by molar-refractivity contribution is 0.0829. The van der Waals surface area contributed by atoms with E-state index in [-0.39, 0.29) is 6.10 Å². The highest BCUT2D eigenvalue weighted by Crippen LogP contribution is 2.26. The van der Waals surface area contributed by atoms with Gasteiger partial charge in [0.15, 0.2) is 0 Å². The first-order valence-corrected chi connectivity index (χ1v) is 19.5. The molecule has 41 heavy (non-hydrogen) atoms. The number of aliphatic hydroxyl groups is 2. The number of hydrogen-bond donors (Lipinski definition) is 2. The van der Waals surface area contributed by atoms with Gasteiger partial charge in [0.1, 0.15) is 0 Å². The van der Waals surface area contributed by atoms with Gasteiger partial charge in [-0.1, -0.05) is 194 Å². The summed E-state index contributed by atoms with van der Waals surface area (Å²) in [6.07, 6.45) is 42.4. The van der Waals surface area contributed by atoms with E-state index in [1.807, 2.05) is 0 Å². The largest absolute Gasteiger partial charge is 0.396 e. The van der Waals surface area contributed by atoms with E-state index in [1.165, 1.54) is 199 Å². The van der Waals surface area contributed by atoms with Crippen molar-refractivity contribution in [3.05, 3.63) is 0 Å². The van der Waals surface area contributed by atoms with Crippen molar-refractivity contribution in [2.75, 3.05) is 6.61 Å². The van der Waals surface area contributed by atoms with E-state index in [4.69, 9.17) is 0 Å². The van der Waals surface area contributed by atoms with Crippen LogP contribution in [0.25, 0.3) is 0 Å². The summed E-state index contributed by atoms with van der Waals surface area (Å²) in [5.74, 6) is 1.09. The van der Waals surface area contributed by atoms with Gasteiger partial charge < -0.3 is 10.2 Å². The zero-order valence-electron chi connectivity index (χ0n) is 29.0. The summed E-state index contributed by atoms with van der Waals surface area (Å²) in [4.78, 5) is 0. The molecule has 0 amide bonds. The van der Waals surface area contributed by atoms with Crippen molar-refractivity contribution in [1.82, 2.24) is 0 Å². The molecule has 0 aliphatic carbocycles. The lowest BCUT2D eigenvalue weighted by atomic mass is 9.87. The molecule has 248 valence electrons. The molecule has 0 heterocycles. The molecule has 0 bridgehead atoms. The van der Waals surface area contributed by atoms with Gasteiger partial charge in [0.05, 0.1) is 6.10 Å². The maximum Gasteiger partial charge on any atom is 0.0568 e. The van der Waals surface area contributed by atoms with Gasteiger partial charge in [0.25, 0.3) is 0 Å². The molecule has 2 heteroatoms. The Kier molecular flexibility index (Phi) is 34.3. The molecule has 0 spiro atoms. The van der Waals surface area contributed by atoms with Crippen LogP contribution in [0.4, 0.5) is 0 Å². The van der Waals surface area contributed by atoms with Crippen molar-refractivity contribution in [1.29, 1.82) is 0 Å². The first-order chi connectivity index (χ1) is 20.2. The van der Waals surface area contributed by atoms with Crippen LogP contribution in [-0.2, 0) is 0 Å². The summed E-state index contributed by atoms with van der Waals surface area (Å²) in [6, 6.07) is 0. The first kappa shape index (κ1) is 40.9. The minimum Gasteiger partial charge on any atom is -0.396 e. The Labute approximate surface area is 260 Å². The third-order valence-corrected chi connectivity index (χ3v) is 9.74. The SMILES string of the molecule is CCCCCCCCCC(CCCCCCCC)C(O)CCCCCCCCCCC(CO)CCCCCCCC. The Hall–Kier alpha value is -0.0800. The third kappa shape index (κ3) is 29.8. The fourth-order valence-electron chi connectivity index (χ4n) is 6.70. The van der Waals surface area contributed by atoms with Crippen molar-refractivity contribution in [3.63, 3.8) is 0 Å². The third-order valence-electron chi connectivity index (χ3n) is 9.74. The van der Waals surface area contributed by atoms with E-state index in [9.17, 15) is 10.2 Å². The fourth-order valence-corrected chi connectivity index (χ4v) is 6.70. The minimum absolute atomic E-state index is 0.0680. The molecule has 0 fully saturated rings. The average molecular weight is 581 g/mol. The van der Waals surface area contributed by atoms with E-state index in [0.29, 0.717) is 18.4 Å². The molecule has 0 saturated carbocycles. The van der Waals surface area contributed by atoms with Crippen molar-refractivity contribution >= 4 is 0 Å². The highest BCUT2D eigenvalue weighted by molar-refractivity contribution is 4.70. The zero-order chi connectivity index (χ0) is 30.1. The van der Waals surface area contributed by atoms with E-state index in [2.05, 4.69) is 20.8 Å². The van der Waals surface area contributed by atoms with Crippen molar-refractivity contribution < 1.29 is 10.2 Å². The van der Waals surface area contributed by atoms with Gasteiger partial charge in [-0.2, -0.15) is 0 Å². The maximum absolute atomic E-state index is 11.1. The molecule has 0 aromatic rings. The van der Waals surface area contributed by atoms with E-state index < -0.39 is 0 Å². The molecule has 0 aliphatic rings. The summed E-state index contributed by atoms with van der Waals surface area (Å²) in [7, 11) is 0. The highest BCUT2D eigenvalue weighted by Gasteiger charge is 2.18. The summed E-state index contributed by atoms with van der Waals surface area (Å²) < 4.78 is 0. The number of hydrogen-bond acceptors (Lipinski definition) is 2. The van der Waals surface area contributed by atoms with Crippen LogP contribution < -0.4 is 0 Å². The Morgan fingerprint density at radius 1 is 0.341 bits per heavy atom. The first-order valence-electron chi connectivity index (χ1n) is 19.5. The summed E-state index contributed by atoms with van der Waals surface area (Å²) in [5.41, 5.74) is 0. The van der Waals surface area contributed by atoms with Crippen LogP contribution >= 0.6 is 0 Å². The van der Waals surface area contributed by atoms with Gasteiger partial charge in [-0.15, -0.1) is 0 Å². The second-order valence-corrected chi connectivity index (χ2v) is 13.8. The molecule has 0 aromatic heterocycles. The second kappa shape index (κ2) is 34.4. The Bertz CT molecular complexity index is 464. The second-order valence-electron chi connectivity index (χ2n) is 13.8. The van der Waals surface area contributed by atoms with Gasteiger partial charge in [-0.25, -0.2) is 0 Å². The number of unbranched alkanes of at least 4 members (excludes halogenated alkanes) is 23. The molecule has 3 atom stereocenters. The molecule has 2 nitrogen and oxygen atoms in total. The standard InChI is InChI=1S/C39H80O2/c1-4-7-10-13-18-24-29-34-38(33-28-23-15-12-9-6-3)39(41)35-30-25-20-17-16-19-22-27-32-37(36-40)31-26-21-14-11-8-5-2/h37-41H,4-36H2,1-3H3. The van der Waals surface area contributed by atoms with Gasteiger partial charge in [0.2, 0.25) is 0 Å². The average Bonchev–Trinajstić information content (AvgIpc) is 2.98. The van der Waals surface area contributed by atoms with Crippen LogP contribution in [0.3, 0.4) is 0 Å². The number of aliphatic hydroxyl groups excluding tert-OH is 2. The van der Waals surface area contributed by atoms with E-state index >= 15 is 0 Å². The molecule has 0 rings (SSSR count). The highest BCUT2D eigenvalue weighted by atomic mass is 16.3. The molecule has 0 radical (unpaired) electrons. The van der Waals surface area contributed by atoms with Crippen molar-refractivity contribution in [3.8, 4) is 0 Å². The molecule has 0 saturated heterocycles. The van der Waals surface area contributed by atoms with E-state index in [0.717, 1.165) is 6.42 Å². The van der Waals surface area contributed by atoms with Gasteiger partial charge in [0, 0.05) is 6.61 Å². The normalized spacial score (nSPS) is 14.0. The lowest BCUT2D eigenvalue weighted by Crippen LogP contribution is -2.20. The van der Waals surface area contributed by atoms with Crippen LogP contribution in [0, 0.1) is 11.8 Å². The summed E-state index contributed by atoms with van der Waals surface area (Å²) in [5, 5.41) is 20.8. The molecule has 2 N–H and O–H groups in total. The molecule has 0 aromatic carbocycles. The smallest absolute Gasteiger partial charge is 0.0568 e. The monoisotopic (exact) mass is 581 g/mol. The predicted molar refractivity (Wildman–Crippen MR) is 185 cm³/mol. The molecular formula is C39H80O2. The number of rotatable bonds is 35. The Morgan fingerprint density at radius 2 is 0.610 bits per heavy atom. The van der Waals surface area contributed by atoms with Crippen LogP contribution in [-0.4, -0.2) is 22.9 Å². The van der Waals surface area contributed by atoms with Gasteiger partial charge in [-0.3, -0.25) is 0 Å². The van der Waals surface area contributed by atoms with E-state index in [1.54, 1.807) is 0 Å². The quantitative estimate of drug-likeness (QED) is 0.0732. The summed E-state index contributed by atoms with van der Waals surface area (Å²) in [6.45, 7) is 7.25. The minimum atomic E-state index is -0.0680. The van der Waals surface area contributed by atoms with Gasteiger partial charge >= 0.3 is 0 Å². The van der Waals surface area contributed by atoms with Crippen LogP contribution in [0.1, 0.15) is 226 Å². The van der Waals surface area contributed by atoms with Crippen molar-refractivity contribution in [2.45, 2.75) is 232 Å². The van der Waals surface area contributed by atoms with Gasteiger partial charge in [-0.05, 0) is 43.9 Å². The topological polar surface area (TPSA) is 40.5 Å². The van der Waals surface area contributed by atoms with Crippen molar-refractivity contribution in [2.24, 2.45) is 11.8 Å². The molecular weight excluding hydrogens is 500 g/mol. The summed E-state index contributed by atoms with van der Waals surface area (Å²) >= 11 is 0. The van der Waals surface area contributed by atoms with Crippen LogP contribution in [0.15, 0.2) is 0 Å². The lowest BCUT2D eigenvalue weighted by Gasteiger charge is -2.23. The van der Waals surface area contributed by atoms with Crippen LogP contribution in [0.5, 0.6) is 0 Å². The Balaban J connectivity index is 3.91. The fraction of sp³-hybridized carbons (Fsp3) is 1.00.